The lowest BCUT2D eigenvalue weighted by Crippen LogP contribution is -2.23. The molecule has 1 aliphatic heterocycles. The number of carbonyl (C=O) groups is 1. The highest BCUT2D eigenvalue weighted by Crippen LogP contribution is 2.43. The van der Waals surface area contributed by atoms with Crippen molar-refractivity contribution in [3.8, 4) is 0 Å². The summed E-state index contributed by atoms with van der Waals surface area (Å²) in [5.41, 5.74) is 0.225. The van der Waals surface area contributed by atoms with Crippen molar-refractivity contribution in [3.63, 3.8) is 0 Å². The molecule has 0 aromatic rings. The number of hydrogen-bond acceptors (Lipinski definition) is 2. The van der Waals surface area contributed by atoms with Crippen molar-refractivity contribution in [2.45, 2.75) is 31.9 Å². The van der Waals surface area contributed by atoms with Crippen LogP contribution in [0, 0.1) is 5.41 Å². The molecule has 11 heavy (non-hydrogen) atoms. The summed E-state index contributed by atoms with van der Waals surface area (Å²) in [5.74, 6) is 0.447. The Balaban J connectivity index is 2.51. The van der Waals surface area contributed by atoms with Gasteiger partial charge in [-0.1, -0.05) is 13.8 Å². The van der Waals surface area contributed by atoms with Crippen molar-refractivity contribution >= 4 is 17.7 Å². The molecule has 1 fully saturated rings. The molecule has 0 aromatic carbocycles. The van der Waals surface area contributed by atoms with Crippen LogP contribution in [0.5, 0.6) is 0 Å². The minimum absolute atomic E-state index is 0.225. The van der Waals surface area contributed by atoms with Gasteiger partial charge in [0, 0.05) is 5.25 Å². The van der Waals surface area contributed by atoms with E-state index in [1.807, 2.05) is 0 Å². The van der Waals surface area contributed by atoms with Gasteiger partial charge in [-0.15, -0.1) is 0 Å². The molecule has 1 N–H and O–H groups in total. The average molecular weight is 174 g/mol. The largest absolute Gasteiger partial charge is 0.481 e. The molecule has 1 heterocycles. The van der Waals surface area contributed by atoms with Crippen LogP contribution in [0.2, 0.25) is 0 Å². The molecule has 1 aliphatic rings. The first-order valence-electron chi connectivity index (χ1n) is 3.86. The highest BCUT2D eigenvalue weighted by Gasteiger charge is 2.36. The molecule has 0 aromatic heterocycles. The van der Waals surface area contributed by atoms with E-state index in [0.29, 0.717) is 11.7 Å². The molecule has 1 saturated heterocycles. The van der Waals surface area contributed by atoms with Gasteiger partial charge in [-0.25, -0.2) is 0 Å². The Morgan fingerprint density at radius 2 is 2.36 bits per heavy atom. The predicted octanol–water partition coefficient (Wildman–Crippen LogP) is 1.99. The topological polar surface area (TPSA) is 37.3 Å². The number of aliphatic carboxylic acids is 1. The fourth-order valence-corrected chi connectivity index (χ4v) is 3.10. The minimum atomic E-state index is -0.669. The summed E-state index contributed by atoms with van der Waals surface area (Å²) in [5, 5.41) is 8.91. The van der Waals surface area contributed by atoms with E-state index in [9.17, 15) is 4.79 Å². The van der Waals surface area contributed by atoms with Gasteiger partial charge < -0.3 is 5.11 Å². The summed E-state index contributed by atoms with van der Waals surface area (Å²) in [4.78, 5) is 10.4. The molecule has 1 unspecified atom stereocenters. The van der Waals surface area contributed by atoms with Gasteiger partial charge in [0.25, 0.3) is 0 Å². The van der Waals surface area contributed by atoms with E-state index < -0.39 is 5.97 Å². The zero-order valence-electron chi connectivity index (χ0n) is 6.96. The number of rotatable bonds is 2. The predicted molar refractivity (Wildman–Crippen MR) is 46.9 cm³/mol. The maximum Gasteiger partial charge on any atom is 0.304 e. The Kier molecular flexibility index (Phi) is 2.47. The Bertz CT molecular complexity index is 165. The maximum atomic E-state index is 10.4. The molecule has 1 atom stereocenters. The van der Waals surface area contributed by atoms with E-state index in [4.69, 9.17) is 5.11 Å². The summed E-state index contributed by atoms with van der Waals surface area (Å²) in [7, 11) is 0. The fraction of sp³-hybridized carbons (Fsp3) is 0.875. The lowest BCUT2D eigenvalue weighted by molar-refractivity contribution is -0.137. The van der Waals surface area contributed by atoms with Gasteiger partial charge in [0.2, 0.25) is 0 Å². The second-order valence-electron chi connectivity index (χ2n) is 3.70. The highest BCUT2D eigenvalue weighted by atomic mass is 32.2. The van der Waals surface area contributed by atoms with Crippen LogP contribution in [-0.2, 0) is 4.79 Å². The number of hydrogen-bond donors (Lipinski definition) is 1. The zero-order valence-corrected chi connectivity index (χ0v) is 7.78. The SMILES string of the molecule is CC1(C)CCSC1CC(=O)O. The van der Waals surface area contributed by atoms with Gasteiger partial charge in [0.05, 0.1) is 6.42 Å². The van der Waals surface area contributed by atoms with Gasteiger partial charge in [-0.05, 0) is 17.6 Å². The normalized spacial score (nSPS) is 28.7. The third-order valence-electron chi connectivity index (χ3n) is 2.30. The smallest absolute Gasteiger partial charge is 0.304 e. The van der Waals surface area contributed by atoms with Crippen molar-refractivity contribution < 1.29 is 9.90 Å². The first kappa shape index (κ1) is 8.91. The molecule has 2 nitrogen and oxygen atoms in total. The van der Waals surface area contributed by atoms with Crippen LogP contribution in [0.25, 0.3) is 0 Å². The quantitative estimate of drug-likeness (QED) is 0.695. The Morgan fingerprint density at radius 3 is 2.73 bits per heavy atom. The van der Waals surface area contributed by atoms with Crippen molar-refractivity contribution in [3.05, 3.63) is 0 Å². The van der Waals surface area contributed by atoms with Gasteiger partial charge >= 0.3 is 5.97 Å². The number of thioether (sulfide) groups is 1. The molecule has 0 radical (unpaired) electrons. The first-order chi connectivity index (χ1) is 5.02. The number of carboxylic acids is 1. The summed E-state index contributed by atoms with van der Waals surface area (Å²) in [6, 6.07) is 0. The zero-order chi connectivity index (χ0) is 8.48. The van der Waals surface area contributed by atoms with Crippen LogP contribution in [0.15, 0.2) is 0 Å². The van der Waals surface area contributed by atoms with Crippen LogP contribution in [0.1, 0.15) is 26.7 Å². The Labute approximate surface area is 71.4 Å². The number of carboxylic acid groups (broad SMARTS) is 1. The Morgan fingerprint density at radius 1 is 1.73 bits per heavy atom. The van der Waals surface area contributed by atoms with Crippen LogP contribution in [-0.4, -0.2) is 22.1 Å². The fourth-order valence-electron chi connectivity index (χ4n) is 1.34. The summed E-state index contributed by atoms with van der Waals surface area (Å²) in [6.45, 7) is 4.31. The molecule has 1 rings (SSSR count). The van der Waals surface area contributed by atoms with E-state index in [0.717, 1.165) is 12.2 Å². The van der Waals surface area contributed by atoms with Gasteiger partial charge in [-0.3, -0.25) is 4.79 Å². The van der Waals surface area contributed by atoms with E-state index in [2.05, 4.69) is 13.8 Å². The average Bonchev–Trinajstić information content (AvgIpc) is 2.10. The third kappa shape index (κ3) is 2.12. The van der Waals surface area contributed by atoms with Crippen LogP contribution in [0.3, 0.4) is 0 Å². The molecule has 0 saturated carbocycles. The van der Waals surface area contributed by atoms with E-state index in [1.165, 1.54) is 0 Å². The van der Waals surface area contributed by atoms with Gasteiger partial charge in [0.15, 0.2) is 0 Å². The second kappa shape index (κ2) is 3.05. The van der Waals surface area contributed by atoms with E-state index >= 15 is 0 Å². The maximum absolute atomic E-state index is 10.4. The standard InChI is InChI=1S/C8H14O2S/c1-8(2)3-4-11-6(8)5-7(9)10/h6H,3-5H2,1-2H3,(H,9,10). The molecule has 3 heteroatoms. The van der Waals surface area contributed by atoms with Gasteiger partial charge in [-0.2, -0.15) is 11.8 Å². The molecule has 0 spiro atoms. The van der Waals surface area contributed by atoms with Crippen LogP contribution < -0.4 is 0 Å². The lowest BCUT2D eigenvalue weighted by atomic mass is 9.85. The minimum Gasteiger partial charge on any atom is -0.481 e. The van der Waals surface area contributed by atoms with Crippen molar-refractivity contribution in [1.29, 1.82) is 0 Å². The Hall–Kier alpha value is -0.180. The van der Waals surface area contributed by atoms with Gasteiger partial charge in [0.1, 0.15) is 0 Å². The van der Waals surface area contributed by atoms with Crippen LogP contribution >= 0.6 is 11.8 Å². The van der Waals surface area contributed by atoms with Crippen molar-refractivity contribution in [2.75, 3.05) is 5.75 Å². The molecule has 0 bridgehead atoms. The van der Waals surface area contributed by atoms with Crippen molar-refractivity contribution in [1.82, 2.24) is 0 Å². The second-order valence-corrected chi connectivity index (χ2v) is 5.01. The highest BCUT2D eigenvalue weighted by molar-refractivity contribution is 8.00. The first-order valence-corrected chi connectivity index (χ1v) is 4.90. The molecular formula is C8H14O2S. The molecular weight excluding hydrogens is 160 g/mol. The monoisotopic (exact) mass is 174 g/mol. The molecule has 0 aliphatic carbocycles. The van der Waals surface area contributed by atoms with E-state index in [1.54, 1.807) is 11.8 Å². The third-order valence-corrected chi connectivity index (χ3v) is 3.94. The summed E-state index contributed by atoms with van der Waals surface area (Å²) in [6.07, 6.45) is 1.47. The summed E-state index contributed by atoms with van der Waals surface area (Å²) < 4.78 is 0. The van der Waals surface area contributed by atoms with Crippen molar-refractivity contribution in [2.24, 2.45) is 5.41 Å². The van der Waals surface area contributed by atoms with E-state index in [-0.39, 0.29) is 5.41 Å². The molecule has 64 valence electrons. The van der Waals surface area contributed by atoms with Crippen LogP contribution in [0.4, 0.5) is 0 Å². The lowest BCUT2D eigenvalue weighted by Gasteiger charge is -2.24. The summed E-state index contributed by atoms with van der Waals surface area (Å²) >= 11 is 1.80. The molecule has 0 amide bonds.